The third-order valence-corrected chi connectivity index (χ3v) is 3.60. The topological polar surface area (TPSA) is 53.6 Å². The van der Waals surface area contributed by atoms with Crippen molar-refractivity contribution in [3.63, 3.8) is 0 Å². The largest absolute Gasteiger partial charge is 0.343 e. The molecule has 3 rings (SSSR count). The summed E-state index contributed by atoms with van der Waals surface area (Å²) in [4.78, 5) is 11.8. The molecule has 4 nitrogen and oxygen atoms in total. The summed E-state index contributed by atoms with van der Waals surface area (Å²) in [6.07, 6.45) is 5.19. The van der Waals surface area contributed by atoms with Gasteiger partial charge in [-0.05, 0) is 43.5 Å². The number of fused-ring (bicyclic) bond motifs is 1. The Balaban J connectivity index is 1.81. The summed E-state index contributed by atoms with van der Waals surface area (Å²) >= 11 is 0. The first-order valence-corrected chi connectivity index (χ1v) is 7.42. The van der Waals surface area contributed by atoms with Crippen LogP contribution in [0.5, 0.6) is 0 Å². The summed E-state index contributed by atoms with van der Waals surface area (Å²) in [5.41, 5.74) is 4.38. The summed E-state index contributed by atoms with van der Waals surface area (Å²) in [5.74, 6) is 0.839. The molecule has 0 spiro atoms. The lowest BCUT2D eigenvalue weighted by Gasteiger charge is -2.07. The average Bonchev–Trinajstić information content (AvgIpc) is 2.88. The van der Waals surface area contributed by atoms with Crippen LogP contribution in [0, 0.1) is 6.92 Å². The second-order valence-corrected chi connectivity index (χ2v) is 5.36. The van der Waals surface area contributed by atoms with E-state index in [4.69, 9.17) is 0 Å². The van der Waals surface area contributed by atoms with E-state index in [0.717, 1.165) is 34.7 Å². The molecule has 0 fully saturated rings. The molecule has 0 aliphatic rings. The number of anilines is 2. The number of aromatic nitrogens is 3. The number of benzene rings is 1. The van der Waals surface area contributed by atoms with E-state index in [9.17, 15) is 0 Å². The van der Waals surface area contributed by atoms with Gasteiger partial charge in [-0.15, -0.1) is 0 Å². The number of aryl methyl sites for hydroxylation is 2. The van der Waals surface area contributed by atoms with Crippen LogP contribution >= 0.6 is 0 Å². The van der Waals surface area contributed by atoms with Crippen LogP contribution in [0.4, 0.5) is 11.5 Å². The van der Waals surface area contributed by atoms with Crippen molar-refractivity contribution in [1.82, 2.24) is 15.0 Å². The first kappa shape index (κ1) is 13.6. The van der Waals surface area contributed by atoms with Gasteiger partial charge in [0.1, 0.15) is 17.8 Å². The molecule has 0 aliphatic heterocycles. The molecule has 2 N–H and O–H groups in total. The fourth-order valence-electron chi connectivity index (χ4n) is 2.44. The smallest absolute Gasteiger partial charge is 0.143 e. The lowest BCUT2D eigenvalue weighted by atomic mass is 10.1. The van der Waals surface area contributed by atoms with E-state index in [1.807, 2.05) is 6.92 Å². The molecule has 4 heteroatoms. The van der Waals surface area contributed by atoms with E-state index in [-0.39, 0.29) is 0 Å². The van der Waals surface area contributed by atoms with Crippen molar-refractivity contribution in [3.05, 3.63) is 47.9 Å². The van der Waals surface area contributed by atoms with Crippen LogP contribution in [0.1, 0.15) is 31.0 Å². The van der Waals surface area contributed by atoms with E-state index in [1.54, 1.807) is 6.33 Å². The fourth-order valence-corrected chi connectivity index (χ4v) is 2.44. The Morgan fingerprint density at radius 2 is 1.95 bits per heavy atom. The van der Waals surface area contributed by atoms with E-state index in [1.165, 1.54) is 18.4 Å². The Hall–Kier alpha value is -2.36. The van der Waals surface area contributed by atoms with Crippen molar-refractivity contribution in [1.29, 1.82) is 0 Å². The Morgan fingerprint density at radius 1 is 1.14 bits per heavy atom. The molecule has 108 valence electrons. The molecule has 0 bridgehead atoms. The maximum Gasteiger partial charge on any atom is 0.143 e. The van der Waals surface area contributed by atoms with Crippen LogP contribution in [0.15, 0.2) is 36.7 Å². The molecule has 0 radical (unpaired) electrons. The quantitative estimate of drug-likeness (QED) is 0.730. The third kappa shape index (κ3) is 3.05. The highest BCUT2D eigenvalue weighted by Crippen LogP contribution is 2.23. The van der Waals surface area contributed by atoms with Gasteiger partial charge in [-0.3, -0.25) is 0 Å². The predicted molar refractivity (Wildman–Crippen MR) is 87.0 cm³/mol. The average molecular weight is 280 g/mol. The SMILES string of the molecule is CCCCc1ccc(Nc2ncnc3[nH]c(C)cc23)cc1. The van der Waals surface area contributed by atoms with Crippen molar-refractivity contribution in [2.24, 2.45) is 0 Å². The Bertz CT molecular complexity index is 728. The van der Waals surface area contributed by atoms with Crippen molar-refractivity contribution in [2.45, 2.75) is 33.1 Å². The summed E-state index contributed by atoms with van der Waals surface area (Å²) in [6.45, 7) is 4.24. The molecule has 0 saturated heterocycles. The molecular formula is C17H20N4. The summed E-state index contributed by atoms with van der Waals surface area (Å²) < 4.78 is 0. The van der Waals surface area contributed by atoms with Crippen LogP contribution in [0.2, 0.25) is 0 Å². The number of rotatable bonds is 5. The number of aromatic amines is 1. The molecular weight excluding hydrogens is 260 g/mol. The third-order valence-electron chi connectivity index (χ3n) is 3.60. The summed E-state index contributed by atoms with van der Waals surface area (Å²) in [5, 5.41) is 4.39. The van der Waals surface area contributed by atoms with E-state index in [0.29, 0.717) is 0 Å². The number of nitrogens with one attached hydrogen (secondary N) is 2. The van der Waals surface area contributed by atoms with E-state index >= 15 is 0 Å². The lowest BCUT2D eigenvalue weighted by molar-refractivity contribution is 0.795. The molecule has 0 saturated carbocycles. The van der Waals surface area contributed by atoms with Crippen LogP contribution in [0.25, 0.3) is 11.0 Å². The Kier molecular flexibility index (Phi) is 3.86. The number of hydrogen-bond acceptors (Lipinski definition) is 3. The summed E-state index contributed by atoms with van der Waals surface area (Å²) in [7, 11) is 0. The minimum absolute atomic E-state index is 0.839. The zero-order chi connectivity index (χ0) is 14.7. The van der Waals surface area contributed by atoms with Gasteiger partial charge in [-0.1, -0.05) is 25.5 Å². The van der Waals surface area contributed by atoms with Gasteiger partial charge in [0.25, 0.3) is 0 Å². The van der Waals surface area contributed by atoms with Gasteiger partial charge < -0.3 is 10.3 Å². The molecule has 3 aromatic rings. The van der Waals surface area contributed by atoms with E-state index < -0.39 is 0 Å². The summed E-state index contributed by atoms with van der Waals surface area (Å²) in [6, 6.07) is 10.6. The maximum absolute atomic E-state index is 4.35. The number of nitrogens with zero attached hydrogens (tertiary/aromatic N) is 2. The van der Waals surface area contributed by atoms with Crippen molar-refractivity contribution < 1.29 is 0 Å². The maximum atomic E-state index is 4.35. The highest BCUT2D eigenvalue weighted by molar-refractivity contribution is 5.89. The van der Waals surface area contributed by atoms with Gasteiger partial charge in [0.2, 0.25) is 0 Å². The van der Waals surface area contributed by atoms with Crippen LogP contribution in [0.3, 0.4) is 0 Å². The number of unbranched alkanes of at least 4 members (excludes halogenated alkanes) is 1. The second-order valence-electron chi connectivity index (χ2n) is 5.36. The molecule has 0 amide bonds. The highest BCUT2D eigenvalue weighted by atomic mass is 15.0. The second kappa shape index (κ2) is 5.95. The van der Waals surface area contributed by atoms with Crippen molar-refractivity contribution in [2.75, 3.05) is 5.32 Å². The van der Waals surface area contributed by atoms with Crippen LogP contribution in [-0.2, 0) is 6.42 Å². The molecule has 2 aromatic heterocycles. The highest BCUT2D eigenvalue weighted by Gasteiger charge is 2.06. The first-order chi connectivity index (χ1) is 10.3. The first-order valence-electron chi connectivity index (χ1n) is 7.42. The van der Waals surface area contributed by atoms with Gasteiger partial charge in [0.15, 0.2) is 0 Å². The van der Waals surface area contributed by atoms with Crippen molar-refractivity contribution >= 4 is 22.5 Å². The minimum Gasteiger partial charge on any atom is -0.343 e. The molecule has 2 heterocycles. The molecule has 21 heavy (non-hydrogen) atoms. The molecule has 0 atom stereocenters. The van der Waals surface area contributed by atoms with Gasteiger partial charge in [0, 0.05) is 11.4 Å². The minimum atomic E-state index is 0.839. The molecule has 1 aromatic carbocycles. The van der Waals surface area contributed by atoms with Gasteiger partial charge in [0.05, 0.1) is 5.39 Å². The van der Waals surface area contributed by atoms with Gasteiger partial charge in [-0.2, -0.15) is 0 Å². The van der Waals surface area contributed by atoms with Crippen molar-refractivity contribution in [3.8, 4) is 0 Å². The molecule has 0 aliphatic carbocycles. The number of hydrogen-bond donors (Lipinski definition) is 2. The zero-order valence-corrected chi connectivity index (χ0v) is 12.5. The fraction of sp³-hybridized carbons (Fsp3) is 0.294. The standard InChI is InChI=1S/C17H20N4/c1-3-4-5-13-6-8-14(9-7-13)21-17-15-10-12(2)20-16(15)18-11-19-17/h6-11H,3-5H2,1-2H3,(H2,18,19,20,21). The normalized spacial score (nSPS) is 11.0. The monoisotopic (exact) mass is 280 g/mol. The van der Waals surface area contributed by atoms with E-state index in [2.05, 4.69) is 57.5 Å². The zero-order valence-electron chi connectivity index (χ0n) is 12.5. The number of H-pyrrole nitrogens is 1. The van der Waals surface area contributed by atoms with Gasteiger partial charge in [-0.25, -0.2) is 9.97 Å². The Labute approximate surface area is 124 Å². The predicted octanol–water partition coefficient (Wildman–Crippen LogP) is 4.35. The Morgan fingerprint density at radius 3 is 2.71 bits per heavy atom. The van der Waals surface area contributed by atoms with Crippen LogP contribution < -0.4 is 5.32 Å². The molecule has 0 unspecified atom stereocenters. The lowest BCUT2D eigenvalue weighted by Crippen LogP contribution is -1.95. The van der Waals surface area contributed by atoms with Crippen LogP contribution in [-0.4, -0.2) is 15.0 Å². The van der Waals surface area contributed by atoms with Gasteiger partial charge >= 0.3 is 0 Å².